The summed E-state index contributed by atoms with van der Waals surface area (Å²) in [5.74, 6) is 0.189. The van der Waals surface area contributed by atoms with Gasteiger partial charge in [0.15, 0.2) is 0 Å². The van der Waals surface area contributed by atoms with Crippen molar-refractivity contribution in [2.75, 3.05) is 6.61 Å². The Morgan fingerprint density at radius 2 is 2.06 bits per heavy atom. The van der Waals surface area contributed by atoms with Crippen LogP contribution in [0, 0.1) is 5.92 Å². The van der Waals surface area contributed by atoms with Crippen molar-refractivity contribution in [3.63, 3.8) is 0 Å². The summed E-state index contributed by atoms with van der Waals surface area (Å²) in [7, 11) is 0. The fourth-order valence-corrected chi connectivity index (χ4v) is 2.15. The van der Waals surface area contributed by atoms with Gasteiger partial charge in [0, 0.05) is 12.8 Å². The second-order valence-electron chi connectivity index (χ2n) is 4.54. The maximum absolute atomic E-state index is 10.8. The van der Waals surface area contributed by atoms with Crippen LogP contribution in [0.15, 0.2) is 54.1 Å². The lowest BCUT2D eigenvalue weighted by Gasteiger charge is -2.13. The van der Waals surface area contributed by atoms with Crippen LogP contribution in [0.25, 0.3) is 0 Å². The topological polar surface area (TPSA) is 26.3 Å². The first-order valence-electron chi connectivity index (χ1n) is 6.30. The number of aryl methyl sites for hydroxylation is 1. The van der Waals surface area contributed by atoms with Gasteiger partial charge in [0.1, 0.15) is 6.61 Å². The third-order valence-corrected chi connectivity index (χ3v) is 3.16. The molecule has 94 valence electrons. The zero-order chi connectivity index (χ0) is 12.8. The second-order valence-corrected chi connectivity index (χ2v) is 4.54. The van der Waals surface area contributed by atoms with Crippen LogP contribution >= 0.6 is 0 Å². The third kappa shape index (κ3) is 3.59. The van der Waals surface area contributed by atoms with E-state index < -0.39 is 0 Å². The number of carbonyl (C=O) groups excluding carboxylic acids is 1. The molecule has 0 spiro atoms. The summed E-state index contributed by atoms with van der Waals surface area (Å²) in [4.78, 5) is 10.8. The average molecular weight is 242 g/mol. The van der Waals surface area contributed by atoms with Crippen molar-refractivity contribution in [2.45, 2.75) is 19.8 Å². The fourth-order valence-electron chi connectivity index (χ4n) is 2.15. The normalized spacial score (nSPS) is 17.6. The molecule has 0 saturated carbocycles. The summed E-state index contributed by atoms with van der Waals surface area (Å²) < 4.78 is 5.06. The smallest absolute Gasteiger partial charge is 0.302 e. The van der Waals surface area contributed by atoms with Gasteiger partial charge in [0.2, 0.25) is 0 Å². The number of ether oxygens (including phenoxy) is 1. The quantitative estimate of drug-likeness (QED) is 0.740. The van der Waals surface area contributed by atoms with Crippen molar-refractivity contribution in [3.8, 4) is 0 Å². The first-order valence-corrected chi connectivity index (χ1v) is 6.30. The van der Waals surface area contributed by atoms with Crippen LogP contribution in [0.2, 0.25) is 0 Å². The minimum Gasteiger partial charge on any atom is -0.461 e. The van der Waals surface area contributed by atoms with E-state index in [0.717, 1.165) is 12.8 Å². The van der Waals surface area contributed by atoms with E-state index in [9.17, 15) is 4.79 Å². The molecule has 2 nitrogen and oxygen atoms in total. The Kier molecular flexibility index (Phi) is 4.35. The molecule has 1 aliphatic rings. The van der Waals surface area contributed by atoms with E-state index in [4.69, 9.17) is 4.74 Å². The Morgan fingerprint density at radius 3 is 2.78 bits per heavy atom. The molecule has 1 aromatic carbocycles. The molecule has 18 heavy (non-hydrogen) atoms. The number of rotatable bonds is 5. The van der Waals surface area contributed by atoms with Crippen LogP contribution in [-0.4, -0.2) is 12.6 Å². The molecule has 0 radical (unpaired) electrons. The molecule has 1 atom stereocenters. The van der Waals surface area contributed by atoms with Crippen molar-refractivity contribution >= 4 is 5.97 Å². The van der Waals surface area contributed by atoms with Gasteiger partial charge in [-0.25, -0.2) is 0 Å². The molecule has 0 bridgehead atoms. The fraction of sp³-hybridized carbons (Fsp3) is 0.312. The van der Waals surface area contributed by atoms with Crippen molar-refractivity contribution in [1.29, 1.82) is 0 Å². The van der Waals surface area contributed by atoms with Crippen molar-refractivity contribution < 1.29 is 9.53 Å². The Hall–Kier alpha value is -1.83. The molecule has 0 N–H and O–H groups in total. The van der Waals surface area contributed by atoms with E-state index in [0.29, 0.717) is 12.5 Å². The van der Waals surface area contributed by atoms with E-state index in [1.54, 1.807) is 0 Å². The summed E-state index contributed by atoms with van der Waals surface area (Å²) in [5, 5.41) is 0. The summed E-state index contributed by atoms with van der Waals surface area (Å²) in [6.45, 7) is 1.86. The summed E-state index contributed by atoms with van der Waals surface area (Å²) in [5.41, 5.74) is 2.55. The molecule has 0 saturated heterocycles. The lowest BCUT2D eigenvalue weighted by molar-refractivity contribution is -0.140. The highest BCUT2D eigenvalue weighted by atomic mass is 16.5. The number of carbonyl (C=O) groups is 1. The minimum absolute atomic E-state index is 0.218. The Balaban J connectivity index is 1.84. The predicted octanol–water partition coefficient (Wildman–Crippen LogP) is 3.29. The molecule has 0 amide bonds. The zero-order valence-electron chi connectivity index (χ0n) is 10.6. The molecule has 0 aromatic heterocycles. The molecule has 0 fully saturated rings. The van der Waals surface area contributed by atoms with Gasteiger partial charge in [-0.15, -0.1) is 0 Å². The molecule has 1 aliphatic carbocycles. The van der Waals surface area contributed by atoms with Gasteiger partial charge < -0.3 is 4.74 Å². The van der Waals surface area contributed by atoms with Gasteiger partial charge in [-0.05, 0) is 24.0 Å². The first-order chi connectivity index (χ1) is 8.75. The zero-order valence-corrected chi connectivity index (χ0v) is 10.6. The van der Waals surface area contributed by atoms with Crippen molar-refractivity contribution in [1.82, 2.24) is 0 Å². The molecular formula is C16H18O2. The van der Waals surface area contributed by atoms with Crippen LogP contribution in [0.5, 0.6) is 0 Å². The van der Waals surface area contributed by atoms with Crippen LogP contribution in [0.4, 0.5) is 0 Å². The number of benzene rings is 1. The Morgan fingerprint density at radius 1 is 1.28 bits per heavy atom. The van der Waals surface area contributed by atoms with Gasteiger partial charge in [-0.1, -0.05) is 48.6 Å². The Bertz CT molecular complexity index is 457. The second kappa shape index (κ2) is 6.20. The van der Waals surface area contributed by atoms with Crippen LogP contribution in [0.3, 0.4) is 0 Å². The Labute approximate surface area is 108 Å². The highest BCUT2D eigenvalue weighted by molar-refractivity contribution is 5.66. The molecule has 1 unspecified atom stereocenters. The van der Waals surface area contributed by atoms with Crippen LogP contribution in [0.1, 0.15) is 18.9 Å². The third-order valence-electron chi connectivity index (χ3n) is 3.16. The van der Waals surface area contributed by atoms with E-state index in [1.807, 2.05) is 6.07 Å². The van der Waals surface area contributed by atoms with Gasteiger partial charge >= 0.3 is 5.97 Å². The lowest BCUT2D eigenvalue weighted by Crippen LogP contribution is -2.09. The van der Waals surface area contributed by atoms with Crippen molar-refractivity contribution in [2.24, 2.45) is 5.92 Å². The molecule has 0 heterocycles. The molecule has 2 heteroatoms. The van der Waals surface area contributed by atoms with E-state index >= 15 is 0 Å². The summed E-state index contributed by atoms with van der Waals surface area (Å²) >= 11 is 0. The van der Waals surface area contributed by atoms with Gasteiger partial charge in [0.25, 0.3) is 0 Å². The van der Waals surface area contributed by atoms with Gasteiger partial charge in [0.05, 0.1) is 0 Å². The number of esters is 1. The molecular weight excluding hydrogens is 224 g/mol. The monoisotopic (exact) mass is 242 g/mol. The summed E-state index contributed by atoms with van der Waals surface area (Å²) in [6, 6.07) is 10.5. The number of hydrogen-bond acceptors (Lipinski definition) is 2. The van der Waals surface area contributed by atoms with E-state index in [2.05, 4.69) is 42.5 Å². The molecule has 0 aliphatic heterocycles. The highest BCUT2D eigenvalue weighted by Gasteiger charge is 2.15. The van der Waals surface area contributed by atoms with Crippen molar-refractivity contribution in [3.05, 3.63) is 59.7 Å². The first kappa shape index (κ1) is 12.6. The molecule has 1 aromatic rings. The highest BCUT2D eigenvalue weighted by Crippen LogP contribution is 2.24. The maximum Gasteiger partial charge on any atom is 0.302 e. The minimum atomic E-state index is -0.218. The number of hydrogen-bond donors (Lipinski definition) is 0. The van der Waals surface area contributed by atoms with Gasteiger partial charge in [-0.2, -0.15) is 0 Å². The SMILES string of the molecule is CC(=O)OCC1=CC=CC1CCc1ccccc1. The van der Waals surface area contributed by atoms with Gasteiger partial charge in [-0.3, -0.25) is 4.79 Å². The van der Waals surface area contributed by atoms with E-state index in [-0.39, 0.29) is 5.97 Å². The van der Waals surface area contributed by atoms with Crippen LogP contribution in [-0.2, 0) is 16.0 Å². The standard InChI is InChI=1S/C16H18O2/c1-13(17)18-12-16-9-5-8-15(16)11-10-14-6-3-2-4-7-14/h2-9,15H,10-12H2,1H3. The summed E-state index contributed by atoms with van der Waals surface area (Å²) in [6.07, 6.45) is 8.40. The number of allylic oxidation sites excluding steroid dienone is 3. The average Bonchev–Trinajstić information content (AvgIpc) is 2.82. The predicted molar refractivity (Wildman–Crippen MR) is 72.1 cm³/mol. The lowest BCUT2D eigenvalue weighted by atomic mass is 9.95. The maximum atomic E-state index is 10.8. The largest absolute Gasteiger partial charge is 0.461 e. The molecule has 2 rings (SSSR count). The van der Waals surface area contributed by atoms with E-state index in [1.165, 1.54) is 18.1 Å². The van der Waals surface area contributed by atoms with Crippen LogP contribution < -0.4 is 0 Å².